The Balaban J connectivity index is 1.22. The van der Waals surface area contributed by atoms with Crippen LogP contribution in [0.15, 0.2) is 71.8 Å². The number of methoxy groups -OCH3 is 2. The molecule has 1 aliphatic heterocycles. The summed E-state index contributed by atoms with van der Waals surface area (Å²) >= 11 is 14.1. The molecule has 1 unspecified atom stereocenters. The Hall–Kier alpha value is -4.47. The summed E-state index contributed by atoms with van der Waals surface area (Å²) in [6, 6.07) is 15.8. The van der Waals surface area contributed by atoms with Crippen LogP contribution in [0.4, 0.5) is 4.39 Å². The first-order chi connectivity index (χ1) is 25.6. The molecule has 15 heteroatoms. The molecule has 6 rings (SSSR count). The lowest BCUT2D eigenvalue weighted by atomic mass is 9.97. The maximum Gasteiger partial charge on any atom is 0.308 e. The summed E-state index contributed by atoms with van der Waals surface area (Å²) in [6.45, 7) is 0.976. The highest BCUT2D eigenvalue weighted by Gasteiger charge is 2.23. The van der Waals surface area contributed by atoms with Gasteiger partial charge < -0.3 is 30.3 Å². The van der Waals surface area contributed by atoms with Gasteiger partial charge in [-0.1, -0.05) is 59.6 Å². The molecule has 1 aliphatic rings. The van der Waals surface area contributed by atoms with Crippen molar-refractivity contribution < 1.29 is 28.9 Å². The molecule has 0 radical (unpaired) electrons. The minimum Gasteiger partial charge on any atom is -0.481 e. The van der Waals surface area contributed by atoms with Gasteiger partial charge in [-0.05, 0) is 30.5 Å². The monoisotopic (exact) mass is 764 g/mol. The molecular weight excluding hydrogens is 726 g/mol. The van der Waals surface area contributed by atoms with E-state index in [2.05, 4.69) is 30.7 Å². The van der Waals surface area contributed by atoms with Crippen LogP contribution in [0.2, 0.25) is 10.0 Å². The molecule has 5 N–H and O–H groups in total. The third kappa shape index (κ3) is 8.68. The zero-order chi connectivity index (χ0) is 37.6. The van der Waals surface area contributed by atoms with Gasteiger partial charge in [0.05, 0.1) is 48.0 Å². The van der Waals surface area contributed by atoms with E-state index in [0.717, 1.165) is 6.42 Å². The molecule has 1 saturated heterocycles. The number of fused-ring (bicyclic) bond motifs is 1. The fourth-order valence-corrected chi connectivity index (χ4v) is 7.00. The quantitative estimate of drug-likeness (QED) is 0.0997. The van der Waals surface area contributed by atoms with Gasteiger partial charge in [-0.3, -0.25) is 19.3 Å². The molecule has 12 nitrogen and oxygen atoms in total. The minimum atomic E-state index is -0.955. The molecule has 3 aromatic heterocycles. The van der Waals surface area contributed by atoms with Crippen molar-refractivity contribution in [1.29, 1.82) is 0 Å². The number of aliphatic hydroxyl groups excluding tert-OH is 2. The molecule has 0 saturated carbocycles. The van der Waals surface area contributed by atoms with E-state index in [1.807, 2.05) is 24.3 Å². The molecule has 278 valence electrons. The Morgan fingerprint density at radius 2 is 1.75 bits per heavy atom. The number of esters is 1. The minimum absolute atomic E-state index is 0.0929. The van der Waals surface area contributed by atoms with E-state index in [0.29, 0.717) is 67.7 Å². The fraction of sp³-hybridized carbons (Fsp3) is 0.316. The van der Waals surface area contributed by atoms with E-state index in [4.69, 9.17) is 27.9 Å². The van der Waals surface area contributed by atoms with E-state index in [1.54, 1.807) is 30.5 Å². The summed E-state index contributed by atoms with van der Waals surface area (Å²) in [5.41, 5.74) is 4.20. The zero-order valence-electron chi connectivity index (χ0n) is 29.0. The second kappa shape index (κ2) is 17.1. The van der Waals surface area contributed by atoms with Gasteiger partial charge in [0.2, 0.25) is 5.88 Å². The standard InChI is InChI=1S/C38H39Cl2FN6O6/c1-52-34(50)14-24(48)19-42-16-22-17-44-32-13-21(11-12-47(32)38(22)51)25-5-3-6-26(35(25)39)27-7-4-8-28(36(27)40)31-15-30(41)29(37(46-31)53-2)20-43-18-23-9-10-33(49)45-23/h3-8,11-13,15,17,23-24,33,42-43,45,48-49H,9-10,14,16,18-20H2,1-2H3/t23-,24-,33?/m0/s1. The SMILES string of the molecule is COC(=O)C[C@H](O)CNCc1cnc2cc(-c3cccc(-c4cccc(-c5cc(F)c(CNC[C@@H]6CCC(O)N6)c(OC)n5)c4Cl)c3Cl)ccn2c1=O. The largest absolute Gasteiger partial charge is 0.481 e. The van der Waals surface area contributed by atoms with Crippen molar-refractivity contribution in [2.45, 2.75) is 50.7 Å². The van der Waals surface area contributed by atoms with E-state index >= 15 is 4.39 Å². The van der Waals surface area contributed by atoms with Crippen LogP contribution < -0.4 is 26.2 Å². The topological polar surface area (TPSA) is 159 Å². The maximum atomic E-state index is 15.6. The number of aliphatic hydroxyl groups is 2. The van der Waals surface area contributed by atoms with Gasteiger partial charge in [-0.25, -0.2) is 14.4 Å². The number of pyridine rings is 2. The number of nitrogens with zero attached hydrogens (tertiary/aromatic N) is 3. The van der Waals surface area contributed by atoms with Crippen LogP contribution in [0.25, 0.3) is 39.2 Å². The maximum absolute atomic E-state index is 15.6. The van der Waals surface area contributed by atoms with Crippen molar-refractivity contribution in [3.8, 4) is 39.4 Å². The molecule has 0 bridgehead atoms. The molecule has 4 heterocycles. The highest BCUT2D eigenvalue weighted by molar-refractivity contribution is 6.39. The van der Waals surface area contributed by atoms with Crippen LogP contribution in [0.1, 0.15) is 30.4 Å². The molecule has 1 fully saturated rings. The number of aromatic nitrogens is 3. The average molecular weight is 766 g/mol. The molecular formula is C38H39Cl2FN6O6. The predicted molar refractivity (Wildman–Crippen MR) is 200 cm³/mol. The van der Waals surface area contributed by atoms with Gasteiger partial charge in [-0.15, -0.1) is 0 Å². The van der Waals surface area contributed by atoms with E-state index < -0.39 is 24.1 Å². The highest BCUT2D eigenvalue weighted by Crippen LogP contribution is 2.42. The molecule has 3 atom stereocenters. The van der Waals surface area contributed by atoms with Crippen molar-refractivity contribution in [3.63, 3.8) is 0 Å². The first-order valence-corrected chi connectivity index (χ1v) is 17.8. The summed E-state index contributed by atoms with van der Waals surface area (Å²) in [5.74, 6) is -0.890. The summed E-state index contributed by atoms with van der Waals surface area (Å²) in [7, 11) is 2.69. The normalized spacial score (nSPS) is 16.2. The average Bonchev–Trinajstić information content (AvgIpc) is 3.57. The first-order valence-electron chi connectivity index (χ1n) is 17.0. The number of hydrogen-bond donors (Lipinski definition) is 5. The Labute approximate surface area is 314 Å². The van der Waals surface area contributed by atoms with E-state index in [1.165, 1.54) is 30.9 Å². The third-order valence-corrected chi connectivity index (χ3v) is 9.93. The van der Waals surface area contributed by atoms with Crippen LogP contribution in [0.3, 0.4) is 0 Å². The van der Waals surface area contributed by atoms with Crippen LogP contribution in [-0.2, 0) is 22.6 Å². The molecule has 5 aromatic rings. The lowest BCUT2D eigenvalue weighted by Gasteiger charge is -2.16. The van der Waals surface area contributed by atoms with Crippen LogP contribution in [-0.4, -0.2) is 76.2 Å². The molecule has 53 heavy (non-hydrogen) atoms. The van der Waals surface area contributed by atoms with Gasteiger partial charge in [0, 0.05) is 78.5 Å². The molecule has 0 aliphatic carbocycles. The van der Waals surface area contributed by atoms with Gasteiger partial charge in [0.25, 0.3) is 5.56 Å². The fourth-order valence-electron chi connectivity index (χ4n) is 6.34. The molecule has 0 spiro atoms. The number of halogens is 3. The third-order valence-electron chi connectivity index (χ3n) is 9.12. The molecule has 0 amide bonds. The molecule has 2 aromatic carbocycles. The van der Waals surface area contributed by atoms with Gasteiger partial charge in [-0.2, -0.15) is 0 Å². The van der Waals surface area contributed by atoms with Crippen LogP contribution >= 0.6 is 23.2 Å². The highest BCUT2D eigenvalue weighted by atomic mass is 35.5. The van der Waals surface area contributed by atoms with Crippen LogP contribution in [0.5, 0.6) is 5.88 Å². The number of ether oxygens (including phenoxy) is 2. The van der Waals surface area contributed by atoms with Crippen molar-refractivity contribution in [2.24, 2.45) is 0 Å². The van der Waals surface area contributed by atoms with Gasteiger partial charge >= 0.3 is 5.97 Å². The first kappa shape index (κ1) is 38.3. The Bertz CT molecular complexity index is 2190. The van der Waals surface area contributed by atoms with E-state index in [9.17, 15) is 19.8 Å². The second-order valence-corrected chi connectivity index (χ2v) is 13.5. The number of carbonyl (C=O) groups excluding carboxylic acids is 1. The summed E-state index contributed by atoms with van der Waals surface area (Å²) < 4.78 is 27.0. The lowest BCUT2D eigenvalue weighted by molar-refractivity contribution is -0.142. The number of rotatable bonds is 14. The Morgan fingerprint density at radius 1 is 1.04 bits per heavy atom. The Morgan fingerprint density at radius 3 is 2.45 bits per heavy atom. The summed E-state index contributed by atoms with van der Waals surface area (Å²) in [6.07, 6.45) is 2.96. The summed E-state index contributed by atoms with van der Waals surface area (Å²) in [5, 5.41) is 29.7. The zero-order valence-corrected chi connectivity index (χ0v) is 30.5. The number of carbonyl (C=O) groups is 1. The van der Waals surface area contributed by atoms with Crippen LogP contribution in [0, 0.1) is 5.82 Å². The van der Waals surface area contributed by atoms with Crippen molar-refractivity contribution in [2.75, 3.05) is 27.3 Å². The number of hydrogen-bond acceptors (Lipinski definition) is 11. The van der Waals surface area contributed by atoms with Gasteiger partial charge in [0.1, 0.15) is 17.7 Å². The number of nitrogens with one attached hydrogen (secondary N) is 3. The lowest BCUT2D eigenvalue weighted by Crippen LogP contribution is -2.37. The Kier molecular flexibility index (Phi) is 12.4. The van der Waals surface area contributed by atoms with Crippen molar-refractivity contribution >= 4 is 34.8 Å². The smallest absolute Gasteiger partial charge is 0.308 e. The number of benzene rings is 2. The van der Waals surface area contributed by atoms with Crippen molar-refractivity contribution in [3.05, 3.63) is 104 Å². The van der Waals surface area contributed by atoms with Gasteiger partial charge in [0.15, 0.2) is 0 Å². The van der Waals surface area contributed by atoms with E-state index in [-0.39, 0.29) is 49.1 Å². The summed E-state index contributed by atoms with van der Waals surface area (Å²) in [4.78, 5) is 33.7. The van der Waals surface area contributed by atoms with Crippen molar-refractivity contribution in [1.82, 2.24) is 30.3 Å². The predicted octanol–water partition coefficient (Wildman–Crippen LogP) is 4.72. The second-order valence-electron chi connectivity index (χ2n) is 12.7.